The van der Waals surface area contributed by atoms with Crippen LogP contribution >= 0.6 is 0 Å². The molecule has 0 aromatic heterocycles. The summed E-state index contributed by atoms with van der Waals surface area (Å²) in [4.78, 5) is 12.8. The van der Waals surface area contributed by atoms with Gasteiger partial charge in [0.05, 0.1) is 4.92 Å². The third-order valence-corrected chi connectivity index (χ3v) is 3.33. The number of nitro benzene ring substituents is 1. The number of hydrogen-bond acceptors (Lipinski definition) is 4. The van der Waals surface area contributed by atoms with Gasteiger partial charge in [-0.05, 0) is 19.5 Å². The zero-order valence-corrected chi connectivity index (χ0v) is 10.1. The quantitative estimate of drug-likeness (QED) is 0.623. The molecular formula is C12H17N3O2. The molecule has 5 nitrogen and oxygen atoms in total. The summed E-state index contributed by atoms with van der Waals surface area (Å²) < 4.78 is 0. The van der Waals surface area contributed by atoms with E-state index in [2.05, 4.69) is 17.3 Å². The Labute approximate surface area is 101 Å². The van der Waals surface area contributed by atoms with Gasteiger partial charge >= 0.3 is 0 Å². The van der Waals surface area contributed by atoms with Crippen molar-refractivity contribution in [1.29, 1.82) is 0 Å². The first kappa shape index (κ1) is 12.0. The van der Waals surface area contributed by atoms with Gasteiger partial charge in [0.15, 0.2) is 0 Å². The van der Waals surface area contributed by atoms with Crippen LogP contribution in [0.5, 0.6) is 0 Å². The average Bonchev–Trinajstić information content (AvgIpc) is 2.30. The third kappa shape index (κ3) is 2.45. The zero-order chi connectivity index (χ0) is 12.4. The van der Waals surface area contributed by atoms with Gasteiger partial charge in [0, 0.05) is 37.3 Å². The monoisotopic (exact) mass is 235 g/mol. The maximum Gasteiger partial charge on any atom is 0.272 e. The fourth-order valence-electron chi connectivity index (χ4n) is 2.21. The Morgan fingerprint density at radius 3 is 2.94 bits per heavy atom. The zero-order valence-electron chi connectivity index (χ0n) is 10.1. The molecular weight excluding hydrogens is 218 g/mol. The van der Waals surface area contributed by atoms with Gasteiger partial charge in [0.1, 0.15) is 0 Å². The molecule has 0 spiro atoms. The van der Waals surface area contributed by atoms with Crippen molar-refractivity contribution in [3.8, 4) is 0 Å². The van der Waals surface area contributed by atoms with Crippen molar-refractivity contribution < 1.29 is 4.92 Å². The van der Waals surface area contributed by atoms with E-state index in [1.807, 2.05) is 12.1 Å². The summed E-state index contributed by atoms with van der Waals surface area (Å²) in [5.74, 6) is 0. The Kier molecular flexibility index (Phi) is 3.40. The van der Waals surface area contributed by atoms with Gasteiger partial charge in [0.25, 0.3) is 5.69 Å². The second-order valence-electron chi connectivity index (χ2n) is 4.50. The van der Waals surface area contributed by atoms with Gasteiger partial charge < -0.3 is 5.32 Å². The normalized spacial score (nSPS) is 21.4. The van der Waals surface area contributed by atoms with Gasteiger partial charge in [-0.2, -0.15) is 0 Å². The highest BCUT2D eigenvalue weighted by Crippen LogP contribution is 2.26. The van der Waals surface area contributed by atoms with Crippen LogP contribution in [0.2, 0.25) is 0 Å². The molecule has 1 heterocycles. The number of likely N-dealkylation sites (N-methyl/N-ethyl adjacent to an activating group) is 1. The van der Waals surface area contributed by atoms with Crippen molar-refractivity contribution in [3.05, 3.63) is 39.4 Å². The highest BCUT2D eigenvalue weighted by molar-refractivity contribution is 5.43. The van der Waals surface area contributed by atoms with Crippen LogP contribution in [0.4, 0.5) is 5.69 Å². The van der Waals surface area contributed by atoms with E-state index >= 15 is 0 Å². The molecule has 1 aromatic carbocycles. The Morgan fingerprint density at radius 2 is 2.29 bits per heavy atom. The Morgan fingerprint density at radius 1 is 1.53 bits per heavy atom. The Bertz CT molecular complexity index is 434. The van der Waals surface area contributed by atoms with Crippen LogP contribution in [-0.4, -0.2) is 36.5 Å². The Hall–Kier alpha value is -1.46. The second-order valence-corrected chi connectivity index (χ2v) is 4.50. The largest absolute Gasteiger partial charge is 0.314 e. The number of benzene rings is 1. The van der Waals surface area contributed by atoms with Crippen LogP contribution in [0, 0.1) is 17.0 Å². The lowest BCUT2D eigenvalue weighted by Gasteiger charge is -2.33. The number of hydrogen-bond donors (Lipinski definition) is 1. The van der Waals surface area contributed by atoms with E-state index in [1.165, 1.54) is 0 Å². The number of rotatable bonds is 2. The van der Waals surface area contributed by atoms with E-state index in [9.17, 15) is 10.1 Å². The summed E-state index contributed by atoms with van der Waals surface area (Å²) in [5, 5.41) is 14.2. The molecule has 1 aromatic rings. The molecule has 0 saturated carbocycles. The lowest BCUT2D eigenvalue weighted by Crippen LogP contribution is -2.43. The van der Waals surface area contributed by atoms with Crippen LogP contribution in [0.25, 0.3) is 0 Å². The molecule has 1 unspecified atom stereocenters. The number of aryl methyl sites for hydroxylation is 1. The summed E-state index contributed by atoms with van der Waals surface area (Å²) in [7, 11) is 2.05. The molecule has 1 N–H and O–H groups in total. The third-order valence-electron chi connectivity index (χ3n) is 3.33. The SMILES string of the molecule is Cc1ccc(C2CNCCN2C)cc1[N+](=O)[O-]. The van der Waals surface area contributed by atoms with E-state index in [4.69, 9.17) is 0 Å². The number of nitrogens with one attached hydrogen (secondary N) is 1. The minimum absolute atomic E-state index is 0.210. The van der Waals surface area contributed by atoms with Crippen molar-refractivity contribution in [2.75, 3.05) is 26.7 Å². The number of piperazine rings is 1. The summed E-state index contributed by atoms with van der Waals surface area (Å²) in [5.41, 5.74) is 1.93. The van der Waals surface area contributed by atoms with Crippen molar-refractivity contribution in [2.24, 2.45) is 0 Å². The molecule has 1 aliphatic heterocycles. The molecule has 1 aliphatic rings. The Balaban J connectivity index is 2.32. The predicted molar refractivity (Wildman–Crippen MR) is 66.1 cm³/mol. The molecule has 0 radical (unpaired) electrons. The van der Waals surface area contributed by atoms with Crippen LogP contribution in [-0.2, 0) is 0 Å². The fraction of sp³-hybridized carbons (Fsp3) is 0.500. The molecule has 0 aliphatic carbocycles. The summed E-state index contributed by atoms with van der Waals surface area (Å²) >= 11 is 0. The molecule has 17 heavy (non-hydrogen) atoms. The van der Waals surface area contributed by atoms with Crippen molar-refractivity contribution >= 4 is 5.69 Å². The molecule has 1 saturated heterocycles. The van der Waals surface area contributed by atoms with Gasteiger partial charge in [-0.25, -0.2) is 0 Å². The predicted octanol–water partition coefficient (Wildman–Crippen LogP) is 1.48. The minimum atomic E-state index is -0.310. The first-order valence-corrected chi connectivity index (χ1v) is 5.75. The van der Waals surface area contributed by atoms with E-state index in [-0.39, 0.29) is 16.7 Å². The molecule has 1 atom stereocenters. The highest BCUT2D eigenvalue weighted by Gasteiger charge is 2.22. The highest BCUT2D eigenvalue weighted by atomic mass is 16.6. The van der Waals surface area contributed by atoms with Crippen molar-refractivity contribution in [1.82, 2.24) is 10.2 Å². The number of nitrogens with zero attached hydrogens (tertiary/aromatic N) is 2. The summed E-state index contributed by atoms with van der Waals surface area (Å²) in [6.07, 6.45) is 0. The molecule has 0 amide bonds. The molecule has 0 bridgehead atoms. The van der Waals surface area contributed by atoms with Crippen molar-refractivity contribution in [3.63, 3.8) is 0 Å². The molecule has 2 rings (SSSR count). The fourth-order valence-corrected chi connectivity index (χ4v) is 2.21. The second kappa shape index (κ2) is 4.81. The molecule has 1 fully saturated rings. The van der Waals surface area contributed by atoms with Gasteiger partial charge in [-0.3, -0.25) is 15.0 Å². The lowest BCUT2D eigenvalue weighted by atomic mass is 10.0. The topological polar surface area (TPSA) is 58.4 Å². The average molecular weight is 235 g/mol. The van der Waals surface area contributed by atoms with Crippen molar-refractivity contribution in [2.45, 2.75) is 13.0 Å². The standard InChI is InChI=1S/C12H17N3O2/c1-9-3-4-10(7-11(9)15(16)17)12-8-13-5-6-14(12)2/h3-4,7,12-13H,5-6,8H2,1-2H3. The van der Waals surface area contributed by atoms with Crippen LogP contribution in [0.3, 0.4) is 0 Å². The van der Waals surface area contributed by atoms with Crippen LogP contribution < -0.4 is 5.32 Å². The van der Waals surface area contributed by atoms with Crippen LogP contribution in [0.1, 0.15) is 17.2 Å². The van der Waals surface area contributed by atoms with E-state index in [0.717, 1.165) is 25.2 Å². The minimum Gasteiger partial charge on any atom is -0.314 e. The first-order valence-electron chi connectivity index (χ1n) is 5.75. The van der Waals surface area contributed by atoms with E-state index < -0.39 is 0 Å². The number of nitro groups is 1. The lowest BCUT2D eigenvalue weighted by molar-refractivity contribution is -0.385. The van der Waals surface area contributed by atoms with Gasteiger partial charge in [-0.15, -0.1) is 0 Å². The summed E-state index contributed by atoms with van der Waals surface area (Å²) in [6.45, 7) is 4.55. The van der Waals surface area contributed by atoms with Gasteiger partial charge in [-0.1, -0.05) is 12.1 Å². The maximum absolute atomic E-state index is 10.9. The molecule has 92 valence electrons. The smallest absolute Gasteiger partial charge is 0.272 e. The van der Waals surface area contributed by atoms with Gasteiger partial charge in [0.2, 0.25) is 0 Å². The van der Waals surface area contributed by atoms with Crippen LogP contribution in [0.15, 0.2) is 18.2 Å². The van der Waals surface area contributed by atoms with E-state index in [0.29, 0.717) is 5.56 Å². The maximum atomic E-state index is 10.9. The molecule has 5 heteroatoms. The summed E-state index contributed by atoms with van der Waals surface area (Å²) in [6, 6.07) is 5.73. The first-order chi connectivity index (χ1) is 8.09. The van der Waals surface area contributed by atoms with E-state index in [1.54, 1.807) is 13.0 Å².